The number of carboxylic acid groups (broad SMARTS) is 1. The Labute approximate surface area is 133 Å². The molecule has 2 rings (SSSR count). The van der Waals surface area contributed by atoms with Crippen molar-refractivity contribution in [1.29, 1.82) is 0 Å². The molecule has 122 valence electrons. The van der Waals surface area contributed by atoms with Crippen LogP contribution in [0.15, 0.2) is 53.4 Å². The number of carbonyl (C=O) groups is 1. The van der Waals surface area contributed by atoms with Crippen LogP contribution < -0.4 is 10.5 Å². The van der Waals surface area contributed by atoms with Crippen LogP contribution in [-0.4, -0.2) is 37.2 Å². The number of anilines is 1. The van der Waals surface area contributed by atoms with E-state index < -0.39 is 28.6 Å². The molecule has 0 aliphatic carbocycles. The average molecular weight is 336 g/mol. The zero-order valence-electron chi connectivity index (χ0n) is 12.0. The van der Waals surface area contributed by atoms with Gasteiger partial charge in [-0.15, -0.1) is 0 Å². The van der Waals surface area contributed by atoms with E-state index in [-0.39, 0.29) is 4.90 Å². The van der Waals surface area contributed by atoms with Gasteiger partial charge in [-0.25, -0.2) is 8.42 Å². The van der Waals surface area contributed by atoms with Gasteiger partial charge in [-0.2, -0.15) is 4.72 Å². The Morgan fingerprint density at radius 1 is 1.13 bits per heavy atom. The van der Waals surface area contributed by atoms with Gasteiger partial charge >= 0.3 is 5.97 Å². The van der Waals surface area contributed by atoms with Crippen molar-refractivity contribution in [3.05, 3.63) is 48.5 Å². The molecule has 2 aromatic rings. The number of nitrogens with one attached hydrogen (secondary N) is 1. The number of aliphatic carboxylic acids is 1. The van der Waals surface area contributed by atoms with Crippen molar-refractivity contribution in [2.24, 2.45) is 0 Å². The standard InChI is InChI=1S/C15H16N2O5S/c16-13-4-2-1-3-12(13)10-5-7-11(8-6-10)23(21,22)17-14(9-18)15(19)20/h1-8,14,17-18H,9,16H2,(H,19,20). The largest absolute Gasteiger partial charge is 0.480 e. The average Bonchev–Trinajstić information content (AvgIpc) is 2.53. The first-order valence-corrected chi connectivity index (χ1v) is 8.14. The quantitative estimate of drug-likeness (QED) is 0.573. The smallest absolute Gasteiger partial charge is 0.324 e. The van der Waals surface area contributed by atoms with E-state index in [1.807, 2.05) is 16.9 Å². The molecule has 0 saturated carbocycles. The third-order valence-electron chi connectivity index (χ3n) is 3.21. The first-order chi connectivity index (χ1) is 10.8. The highest BCUT2D eigenvalue weighted by Crippen LogP contribution is 2.26. The molecule has 0 spiro atoms. The van der Waals surface area contributed by atoms with Crippen molar-refractivity contribution < 1.29 is 23.4 Å². The van der Waals surface area contributed by atoms with Crippen LogP contribution in [0.2, 0.25) is 0 Å². The topological polar surface area (TPSA) is 130 Å². The van der Waals surface area contributed by atoms with Gasteiger partial charge in [0.1, 0.15) is 6.04 Å². The Morgan fingerprint density at radius 2 is 1.74 bits per heavy atom. The maximum Gasteiger partial charge on any atom is 0.324 e. The number of hydrogen-bond donors (Lipinski definition) is 4. The second-order valence-corrected chi connectivity index (χ2v) is 6.52. The van der Waals surface area contributed by atoms with E-state index in [0.29, 0.717) is 5.69 Å². The minimum absolute atomic E-state index is 0.101. The van der Waals surface area contributed by atoms with E-state index in [9.17, 15) is 13.2 Å². The van der Waals surface area contributed by atoms with Gasteiger partial charge in [-0.05, 0) is 23.8 Å². The number of carboxylic acids is 1. The molecular weight excluding hydrogens is 320 g/mol. The van der Waals surface area contributed by atoms with Crippen molar-refractivity contribution in [3.8, 4) is 11.1 Å². The maximum atomic E-state index is 12.1. The molecule has 5 N–H and O–H groups in total. The summed E-state index contributed by atoms with van der Waals surface area (Å²) in [5, 5.41) is 17.7. The number of aliphatic hydroxyl groups is 1. The Morgan fingerprint density at radius 3 is 2.26 bits per heavy atom. The van der Waals surface area contributed by atoms with Gasteiger partial charge in [0.2, 0.25) is 10.0 Å². The van der Waals surface area contributed by atoms with Crippen molar-refractivity contribution in [2.75, 3.05) is 12.3 Å². The molecule has 23 heavy (non-hydrogen) atoms. The molecule has 0 aliphatic rings. The lowest BCUT2D eigenvalue weighted by atomic mass is 10.0. The minimum Gasteiger partial charge on any atom is -0.480 e. The molecule has 8 heteroatoms. The van der Waals surface area contributed by atoms with Crippen LogP contribution in [0.1, 0.15) is 0 Å². The summed E-state index contributed by atoms with van der Waals surface area (Å²) in [4.78, 5) is 10.7. The van der Waals surface area contributed by atoms with E-state index in [1.54, 1.807) is 24.3 Å². The second-order valence-electron chi connectivity index (χ2n) is 4.81. The van der Waals surface area contributed by atoms with E-state index in [4.69, 9.17) is 15.9 Å². The fraction of sp³-hybridized carbons (Fsp3) is 0.133. The van der Waals surface area contributed by atoms with Gasteiger partial charge in [-0.3, -0.25) is 4.79 Å². The van der Waals surface area contributed by atoms with Crippen LogP contribution in [0.4, 0.5) is 5.69 Å². The highest BCUT2D eigenvalue weighted by atomic mass is 32.2. The van der Waals surface area contributed by atoms with Gasteiger partial charge in [0.05, 0.1) is 11.5 Å². The summed E-state index contributed by atoms with van der Waals surface area (Å²) >= 11 is 0. The molecule has 1 unspecified atom stereocenters. The van der Waals surface area contributed by atoms with Gasteiger partial charge in [-0.1, -0.05) is 30.3 Å². The van der Waals surface area contributed by atoms with Gasteiger partial charge in [0, 0.05) is 11.3 Å². The Hall–Kier alpha value is -2.42. The lowest BCUT2D eigenvalue weighted by Crippen LogP contribution is -2.43. The third kappa shape index (κ3) is 3.86. The Balaban J connectivity index is 2.29. The van der Waals surface area contributed by atoms with Gasteiger partial charge in [0.25, 0.3) is 0 Å². The molecule has 0 aliphatic heterocycles. The van der Waals surface area contributed by atoms with Crippen molar-refractivity contribution >= 4 is 21.7 Å². The molecular formula is C15H16N2O5S. The maximum absolute atomic E-state index is 12.1. The number of sulfonamides is 1. The highest BCUT2D eigenvalue weighted by Gasteiger charge is 2.24. The molecule has 0 heterocycles. The van der Waals surface area contributed by atoms with Crippen molar-refractivity contribution in [2.45, 2.75) is 10.9 Å². The van der Waals surface area contributed by atoms with Crippen LogP contribution >= 0.6 is 0 Å². The lowest BCUT2D eigenvalue weighted by molar-refractivity contribution is -0.139. The molecule has 7 nitrogen and oxygen atoms in total. The van der Waals surface area contributed by atoms with E-state index in [1.165, 1.54) is 12.1 Å². The number of hydrogen-bond acceptors (Lipinski definition) is 5. The fourth-order valence-corrected chi connectivity index (χ4v) is 3.18. The normalized spacial score (nSPS) is 12.7. The number of aliphatic hydroxyl groups excluding tert-OH is 1. The van der Waals surface area contributed by atoms with Crippen molar-refractivity contribution in [3.63, 3.8) is 0 Å². The predicted octanol–water partition coefficient (Wildman–Crippen LogP) is 0.660. The Kier molecular flexibility index (Phi) is 4.99. The minimum atomic E-state index is -4.05. The number of nitrogens with two attached hydrogens (primary N) is 1. The molecule has 0 aromatic heterocycles. The monoisotopic (exact) mass is 336 g/mol. The molecule has 0 fully saturated rings. The second kappa shape index (κ2) is 6.78. The van der Waals surface area contributed by atoms with Crippen LogP contribution in [-0.2, 0) is 14.8 Å². The lowest BCUT2D eigenvalue weighted by Gasteiger charge is -2.13. The van der Waals surface area contributed by atoms with Crippen molar-refractivity contribution in [1.82, 2.24) is 4.72 Å². The molecule has 2 aromatic carbocycles. The van der Waals surface area contributed by atoms with Crippen LogP contribution in [0.5, 0.6) is 0 Å². The Bertz CT molecular complexity index is 803. The molecule has 0 saturated heterocycles. The van der Waals surface area contributed by atoms with Crippen LogP contribution in [0, 0.1) is 0 Å². The summed E-state index contributed by atoms with van der Waals surface area (Å²) in [5.41, 5.74) is 7.93. The fourth-order valence-electron chi connectivity index (χ4n) is 1.99. The number of para-hydroxylation sites is 1. The van der Waals surface area contributed by atoms with Crippen LogP contribution in [0.3, 0.4) is 0 Å². The predicted molar refractivity (Wildman–Crippen MR) is 85.1 cm³/mol. The third-order valence-corrected chi connectivity index (χ3v) is 4.70. The molecule has 0 amide bonds. The first-order valence-electron chi connectivity index (χ1n) is 6.66. The van der Waals surface area contributed by atoms with E-state index in [2.05, 4.69) is 0 Å². The SMILES string of the molecule is Nc1ccccc1-c1ccc(S(=O)(=O)NC(CO)C(=O)O)cc1. The highest BCUT2D eigenvalue weighted by molar-refractivity contribution is 7.89. The van der Waals surface area contributed by atoms with Gasteiger partial charge < -0.3 is 15.9 Å². The summed E-state index contributed by atoms with van der Waals surface area (Å²) < 4.78 is 26.1. The number of nitrogen functional groups attached to an aromatic ring is 1. The zero-order chi connectivity index (χ0) is 17.0. The summed E-state index contributed by atoms with van der Waals surface area (Å²) in [6, 6.07) is 11.4. The zero-order valence-corrected chi connectivity index (χ0v) is 12.8. The first kappa shape index (κ1) is 16.9. The van der Waals surface area contributed by atoms with Gasteiger partial charge in [0.15, 0.2) is 0 Å². The molecule has 0 radical (unpaired) electrons. The van der Waals surface area contributed by atoms with E-state index >= 15 is 0 Å². The van der Waals surface area contributed by atoms with Crippen LogP contribution in [0.25, 0.3) is 11.1 Å². The summed E-state index contributed by atoms with van der Waals surface area (Å²) in [6.07, 6.45) is 0. The summed E-state index contributed by atoms with van der Waals surface area (Å²) in [7, 11) is -4.05. The summed E-state index contributed by atoms with van der Waals surface area (Å²) in [5.74, 6) is -1.45. The summed E-state index contributed by atoms with van der Waals surface area (Å²) in [6.45, 7) is -0.840. The van der Waals surface area contributed by atoms with E-state index in [0.717, 1.165) is 11.1 Å². The molecule has 0 bridgehead atoms. The number of benzene rings is 2. The molecule has 1 atom stereocenters. The number of rotatable bonds is 6.